The van der Waals surface area contributed by atoms with Crippen LogP contribution >= 0.6 is 0 Å². The molecule has 0 aliphatic rings. The molecule has 2 aromatic rings. The number of amides is 3. The van der Waals surface area contributed by atoms with Crippen LogP contribution in [0.5, 0.6) is 5.75 Å². The molecule has 0 spiro atoms. The van der Waals surface area contributed by atoms with Crippen molar-refractivity contribution >= 4 is 17.9 Å². The molecule has 0 saturated heterocycles. The highest BCUT2D eigenvalue weighted by atomic mass is 16.6. The number of carbonyl (C=O) groups is 3. The van der Waals surface area contributed by atoms with Gasteiger partial charge in [0.15, 0.2) is 0 Å². The van der Waals surface area contributed by atoms with E-state index in [9.17, 15) is 19.5 Å². The number of nitrogens with one attached hydrogen (secondary N) is 2. The highest BCUT2D eigenvalue weighted by molar-refractivity contribution is 5.92. The number of ether oxygens (including phenoxy) is 1. The first-order chi connectivity index (χ1) is 19.8. The summed E-state index contributed by atoms with van der Waals surface area (Å²) in [5.74, 6) is -0.451. The predicted octanol–water partition coefficient (Wildman–Crippen LogP) is 6.80. The molecule has 0 aromatic heterocycles. The van der Waals surface area contributed by atoms with Gasteiger partial charge < -0.3 is 25.4 Å². The number of phenols is 1. The van der Waals surface area contributed by atoms with Crippen LogP contribution in [0.4, 0.5) is 4.79 Å². The van der Waals surface area contributed by atoms with Crippen molar-refractivity contribution < 1.29 is 24.2 Å². The number of alkyl carbamates (subject to hydrolysis) is 1. The van der Waals surface area contributed by atoms with E-state index in [-0.39, 0.29) is 23.5 Å². The standard InChI is InChI=1S/C34H51N3O5/c1-8-9-10-11-15-20-37(32(40)28(21-24(2)3)36-33(41)42-34(5,6)7)30(27-18-19-29(38)25(4)22-27)31(39)35-23-26-16-13-12-14-17-26/h12-14,16-19,22,24,28,30,38H,8-11,15,20-21,23H2,1-7H3,(H,35,39)(H,36,41). The number of benzene rings is 2. The van der Waals surface area contributed by atoms with E-state index in [2.05, 4.69) is 17.6 Å². The fraction of sp³-hybridized carbons (Fsp3) is 0.559. The zero-order valence-corrected chi connectivity index (χ0v) is 26.5. The highest BCUT2D eigenvalue weighted by Gasteiger charge is 2.36. The molecule has 0 heterocycles. The van der Waals surface area contributed by atoms with E-state index in [1.165, 1.54) is 0 Å². The minimum Gasteiger partial charge on any atom is -0.508 e. The van der Waals surface area contributed by atoms with E-state index >= 15 is 0 Å². The van der Waals surface area contributed by atoms with Gasteiger partial charge in [-0.2, -0.15) is 0 Å². The summed E-state index contributed by atoms with van der Waals surface area (Å²) in [6, 6.07) is 12.7. The maximum absolute atomic E-state index is 14.4. The maximum atomic E-state index is 14.4. The molecule has 3 amide bonds. The Morgan fingerprint density at radius 3 is 2.24 bits per heavy atom. The smallest absolute Gasteiger partial charge is 0.408 e. The molecule has 8 heteroatoms. The van der Waals surface area contributed by atoms with E-state index in [0.717, 1.165) is 31.2 Å². The van der Waals surface area contributed by atoms with Crippen LogP contribution in [0.15, 0.2) is 48.5 Å². The predicted molar refractivity (Wildman–Crippen MR) is 167 cm³/mol. The summed E-state index contributed by atoms with van der Waals surface area (Å²) < 4.78 is 5.49. The van der Waals surface area contributed by atoms with E-state index in [0.29, 0.717) is 37.1 Å². The van der Waals surface area contributed by atoms with Crippen LogP contribution in [0.2, 0.25) is 0 Å². The van der Waals surface area contributed by atoms with Crippen molar-refractivity contribution in [2.45, 2.75) is 111 Å². The van der Waals surface area contributed by atoms with Crippen molar-refractivity contribution in [1.29, 1.82) is 0 Å². The molecule has 0 bridgehead atoms. The van der Waals surface area contributed by atoms with Crippen molar-refractivity contribution in [2.24, 2.45) is 5.92 Å². The summed E-state index contributed by atoms with van der Waals surface area (Å²) >= 11 is 0. The van der Waals surface area contributed by atoms with Crippen LogP contribution in [0.25, 0.3) is 0 Å². The van der Waals surface area contributed by atoms with Gasteiger partial charge in [-0.25, -0.2) is 4.79 Å². The fourth-order valence-electron chi connectivity index (χ4n) is 4.80. The average molecular weight is 582 g/mol. The molecule has 3 N–H and O–H groups in total. The molecular weight excluding hydrogens is 530 g/mol. The van der Waals surface area contributed by atoms with Gasteiger partial charge in [-0.3, -0.25) is 9.59 Å². The molecule has 2 unspecified atom stereocenters. The number of hydrogen-bond acceptors (Lipinski definition) is 5. The molecule has 0 fully saturated rings. The number of carbonyl (C=O) groups excluding carboxylic acids is 3. The molecule has 0 radical (unpaired) electrons. The Kier molecular flexibility index (Phi) is 13.8. The molecule has 232 valence electrons. The Balaban J connectivity index is 2.50. The minimum atomic E-state index is -0.957. The number of hydrogen-bond donors (Lipinski definition) is 3. The highest BCUT2D eigenvalue weighted by Crippen LogP contribution is 2.28. The van der Waals surface area contributed by atoms with Crippen molar-refractivity contribution in [3.63, 3.8) is 0 Å². The van der Waals surface area contributed by atoms with Gasteiger partial charge in [-0.15, -0.1) is 0 Å². The Bertz CT molecular complexity index is 1140. The van der Waals surface area contributed by atoms with Crippen LogP contribution in [0, 0.1) is 12.8 Å². The Morgan fingerprint density at radius 1 is 0.976 bits per heavy atom. The van der Waals surface area contributed by atoms with E-state index < -0.39 is 23.8 Å². The van der Waals surface area contributed by atoms with Crippen LogP contribution in [0.3, 0.4) is 0 Å². The van der Waals surface area contributed by atoms with Crippen LogP contribution in [0.1, 0.15) is 103 Å². The van der Waals surface area contributed by atoms with Gasteiger partial charge in [-0.1, -0.05) is 82.9 Å². The lowest BCUT2D eigenvalue weighted by Crippen LogP contribution is -2.53. The molecule has 0 saturated carbocycles. The van der Waals surface area contributed by atoms with Gasteiger partial charge >= 0.3 is 6.09 Å². The number of aryl methyl sites for hydroxylation is 1. The second-order valence-electron chi connectivity index (χ2n) is 12.4. The fourth-order valence-corrected chi connectivity index (χ4v) is 4.80. The van der Waals surface area contributed by atoms with Crippen molar-refractivity contribution in [3.8, 4) is 5.75 Å². The van der Waals surface area contributed by atoms with Gasteiger partial charge in [0, 0.05) is 13.1 Å². The molecular formula is C34H51N3O5. The lowest BCUT2D eigenvalue weighted by Gasteiger charge is -2.35. The molecule has 0 aliphatic heterocycles. The van der Waals surface area contributed by atoms with Gasteiger partial charge in [0.1, 0.15) is 23.4 Å². The Hall–Kier alpha value is -3.55. The zero-order valence-electron chi connectivity index (χ0n) is 26.5. The molecule has 2 rings (SSSR count). The van der Waals surface area contributed by atoms with E-state index in [4.69, 9.17) is 4.74 Å². The SMILES string of the molecule is CCCCCCCN(C(=O)C(CC(C)C)NC(=O)OC(C)(C)C)C(C(=O)NCc1ccccc1)c1ccc(O)c(C)c1. The summed E-state index contributed by atoms with van der Waals surface area (Å²) in [5.41, 5.74) is 1.42. The topological polar surface area (TPSA) is 108 Å². The van der Waals surface area contributed by atoms with Crippen molar-refractivity contribution in [1.82, 2.24) is 15.5 Å². The molecule has 2 aromatic carbocycles. The first-order valence-electron chi connectivity index (χ1n) is 15.2. The van der Waals surface area contributed by atoms with Crippen molar-refractivity contribution in [2.75, 3.05) is 6.54 Å². The third-order valence-corrected chi connectivity index (χ3v) is 6.89. The minimum absolute atomic E-state index is 0.0987. The molecule has 8 nitrogen and oxygen atoms in total. The number of nitrogens with zero attached hydrogens (tertiary/aromatic N) is 1. The quantitative estimate of drug-likeness (QED) is 0.201. The first-order valence-corrected chi connectivity index (χ1v) is 15.2. The summed E-state index contributed by atoms with van der Waals surface area (Å²) in [6.45, 7) is 13.8. The third-order valence-electron chi connectivity index (χ3n) is 6.89. The average Bonchev–Trinajstić information content (AvgIpc) is 2.91. The van der Waals surface area contributed by atoms with Crippen LogP contribution < -0.4 is 10.6 Å². The first kappa shape index (κ1) is 34.7. The molecule has 42 heavy (non-hydrogen) atoms. The summed E-state index contributed by atoms with van der Waals surface area (Å²) in [6.07, 6.45) is 4.57. The summed E-state index contributed by atoms with van der Waals surface area (Å²) in [4.78, 5) is 42.8. The molecule has 0 aliphatic carbocycles. The lowest BCUT2D eigenvalue weighted by atomic mass is 9.97. The second kappa shape index (κ2) is 16.8. The number of unbranched alkanes of at least 4 members (excludes halogenated alkanes) is 4. The lowest BCUT2D eigenvalue weighted by molar-refractivity contribution is -0.143. The largest absolute Gasteiger partial charge is 0.508 e. The zero-order chi connectivity index (χ0) is 31.3. The van der Waals surface area contributed by atoms with E-state index in [1.54, 1.807) is 50.8 Å². The number of rotatable bonds is 15. The van der Waals surface area contributed by atoms with Crippen LogP contribution in [-0.2, 0) is 20.9 Å². The normalized spacial score (nSPS) is 12.9. The van der Waals surface area contributed by atoms with Crippen LogP contribution in [-0.4, -0.2) is 46.1 Å². The van der Waals surface area contributed by atoms with E-state index in [1.807, 2.05) is 44.2 Å². The van der Waals surface area contributed by atoms with Gasteiger partial charge in [-0.05, 0) is 75.3 Å². The third kappa shape index (κ3) is 11.7. The Morgan fingerprint density at radius 2 is 1.64 bits per heavy atom. The van der Waals surface area contributed by atoms with Gasteiger partial charge in [0.2, 0.25) is 11.8 Å². The monoisotopic (exact) mass is 581 g/mol. The van der Waals surface area contributed by atoms with Gasteiger partial charge in [0.05, 0.1) is 0 Å². The summed E-state index contributed by atoms with van der Waals surface area (Å²) in [7, 11) is 0. The van der Waals surface area contributed by atoms with Gasteiger partial charge in [0.25, 0.3) is 0 Å². The second-order valence-corrected chi connectivity index (χ2v) is 12.4. The number of aromatic hydroxyl groups is 1. The summed E-state index contributed by atoms with van der Waals surface area (Å²) in [5, 5.41) is 16.0. The number of phenolic OH excluding ortho intramolecular Hbond substituents is 1. The maximum Gasteiger partial charge on any atom is 0.408 e. The van der Waals surface area contributed by atoms with Crippen molar-refractivity contribution in [3.05, 3.63) is 65.2 Å². The molecule has 2 atom stereocenters. The Labute approximate surface area is 252 Å².